The van der Waals surface area contributed by atoms with Gasteiger partial charge < -0.3 is 10.1 Å². The average Bonchev–Trinajstić information content (AvgIpc) is 2.78. The Labute approximate surface area is 186 Å². The molecule has 0 fully saturated rings. The average molecular weight is 428 g/mol. The SMILES string of the molecule is Cc1cccc(OC(C)C(=O)Nc2ccc(-n3c(C)nc4ccccc4c3=O)cc2)c1C. The minimum absolute atomic E-state index is 0.125. The standard InChI is InChI=1S/C26H25N3O3/c1-16-8-7-11-24(17(16)2)32-18(3)25(30)28-20-12-14-21(15-13-20)29-19(4)27-23-10-6-5-9-22(23)26(29)31/h5-15,18H,1-4H3,(H,28,30). The molecule has 0 aliphatic carbocycles. The number of rotatable bonds is 5. The molecule has 1 atom stereocenters. The van der Waals surface area contributed by atoms with Crippen molar-refractivity contribution in [1.82, 2.24) is 9.55 Å². The molecule has 1 unspecified atom stereocenters. The summed E-state index contributed by atoms with van der Waals surface area (Å²) in [6.07, 6.45) is -0.662. The van der Waals surface area contributed by atoms with Crippen LogP contribution < -0.4 is 15.6 Å². The molecule has 1 N–H and O–H groups in total. The van der Waals surface area contributed by atoms with Gasteiger partial charge in [0.1, 0.15) is 11.6 Å². The van der Waals surface area contributed by atoms with E-state index in [0.29, 0.717) is 33.9 Å². The smallest absolute Gasteiger partial charge is 0.265 e. The van der Waals surface area contributed by atoms with Gasteiger partial charge in [0, 0.05) is 5.69 Å². The molecule has 0 spiro atoms. The lowest BCUT2D eigenvalue weighted by atomic mass is 10.1. The first-order valence-corrected chi connectivity index (χ1v) is 10.5. The van der Waals surface area contributed by atoms with Crippen molar-refractivity contribution in [2.24, 2.45) is 0 Å². The molecule has 0 aliphatic rings. The van der Waals surface area contributed by atoms with Crippen LogP contribution in [0.3, 0.4) is 0 Å². The Kier molecular flexibility index (Phi) is 5.77. The Morgan fingerprint density at radius 3 is 2.44 bits per heavy atom. The summed E-state index contributed by atoms with van der Waals surface area (Å²) in [6.45, 7) is 7.50. The number of aryl methyl sites for hydroxylation is 2. The number of carbonyl (C=O) groups is 1. The molecule has 0 aliphatic heterocycles. The molecular formula is C26H25N3O3. The van der Waals surface area contributed by atoms with E-state index < -0.39 is 6.10 Å². The Morgan fingerprint density at radius 1 is 0.969 bits per heavy atom. The fraction of sp³-hybridized carbons (Fsp3) is 0.192. The first-order valence-electron chi connectivity index (χ1n) is 10.5. The van der Waals surface area contributed by atoms with Crippen LogP contribution in [-0.4, -0.2) is 21.6 Å². The summed E-state index contributed by atoms with van der Waals surface area (Å²) >= 11 is 0. The molecule has 3 aromatic carbocycles. The number of aromatic nitrogens is 2. The van der Waals surface area contributed by atoms with Crippen molar-refractivity contribution in [2.75, 3.05) is 5.32 Å². The second kappa shape index (κ2) is 8.67. The van der Waals surface area contributed by atoms with Crippen molar-refractivity contribution in [3.8, 4) is 11.4 Å². The third kappa shape index (κ3) is 4.12. The topological polar surface area (TPSA) is 73.2 Å². The van der Waals surface area contributed by atoms with Gasteiger partial charge in [-0.05, 0) is 81.3 Å². The molecule has 0 saturated heterocycles. The number of hydrogen-bond acceptors (Lipinski definition) is 4. The van der Waals surface area contributed by atoms with Gasteiger partial charge in [-0.15, -0.1) is 0 Å². The number of anilines is 1. The number of para-hydroxylation sites is 1. The second-order valence-corrected chi connectivity index (χ2v) is 7.81. The Morgan fingerprint density at radius 2 is 1.69 bits per heavy atom. The molecule has 1 amide bonds. The molecule has 1 heterocycles. The maximum atomic E-state index is 13.0. The third-order valence-electron chi connectivity index (χ3n) is 5.56. The maximum absolute atomic E-state index is 13.0. The van der Waals surface area contributed by atoms with Crippen LogP contribution >= 0.6 is 0 Å². The van der Waals surface area contributed by atoms with Gasteiger partial charge >= 0.3 is 0 Å². The summed E-state index contributed by atoms with van der Waals surface area (Å²) in [6, 6.07) is 20.2. The lowest BCUT2D eigenvalue weighted by Crippen LogP contribution is -2.30. The Balaban J connectivity index is 1.52. The van der Waals surface area contributed by atoms with E-state index in [-0.39, 0.29) is 11.5 Å². The number of fused-ring (bicyclic) bond motifs is 1. The summed E-state index contributed by atoms with van der Waals surface area (Å²) in [5.74, 6) is 1.04. The van der Waals surface area contributed by atoms with E-state index in [9.17, 15) is 9.59 Å². The van der Waals surface area contributed by atoms with E-state index in [0.717, 1.165) is 11.1 Å². The van der Waals surface area contributed by atoms with Gasteiger partial charge in [0.2, 0.25) is 0 Å². The van der Waals surface area contributed by atoms with Gasteiger partial charge in [-0.2, -0.15) is 0 Å². The van der Waals surface area contributed by atoms with Crippen molar-refractivity contribution in [3.05, 3.63) is 94.0 Å². The summed E-state index contributed by atoms with van der Waals surface area (Å²) in [5.41, 5.74) is 3.98. The van der Waals surface area contributed by atoms with E-state index in [1.54, 1.807) is 48.7 Å². The van der Waals surface area contributed by atoms with Gasteiger partial charge in [0.25, 0.3) is 11.5 Å². The minimum atomic E-state index is -0.662. The number of nitrogens with one attached hydrogen (secondary N) is 1. The molecule has 4 rings (SSSR count). The van der Waals surface area contributed by atoms with Crippen LogP contribution in [0.15, 0.2) is 71.5 Å². The monoisotopic (exact) mass is 427 g/mol. The van der Waals surface area contributed by atoms with Crippen LogP contribution in [0.1, 0.15) is 23.9 Å². The van der Waals surface area contributed by atoms with E-state index in [1.807, 2.05) is 50.2 Å². The Hall–Kier alpha value is -3.93. The molecule has 6 heteroatoms. The quantitative estimate of drug-likeness (QED) is 0.500. The minimum Gasteiger partial charge on any atom is -0.481 e. The summed E-state index contributed by atoms with van der Waals surface area (Å²) in [5, 5.41) is 3.43. The largest absolute Gasteiger partial charge is 0.481 e. The normalized spacial score (nSPS) is 11.9. The highest BCUT2D eigenvalue weighted by atomic mass is 16.5. The number of ether oxygens (including phenoxy) is 1. The molecule has 1 aromatic heterocycles. The number of benzene rings is 3. The molecule has 162 valence electrons. The molecule has 0 saturated carbocycles. The highest BCUT2D eigenvalue weighted by molar-refractivity contribution is 5.94. The van der Waals surface area contributed by atoms with Crippen LogP contribution in [0.25, 0.3) is 16.6 Å². The van der Waals surface area contributed by atoms with Crippen LogP contribution in [0.5, 0.6) is 5.75 Å². The van der Waals surface area contributed by atoms with Gasteiger partial charge in [-0.25, -0.2) is 4.98 Å². The number of carbonyl (C=O) groups excluding carboxylic acids is 1. The highest BCUT2D eigenvalue weighted by Crippen LogP contribution is 2.22. The van der Waals surface area contributed by atoms with E-state index in [4.69, 9.17) is 4.74 Å². The van der Waals surface area contributed by atoms with Gasteiger partial charge in [0.15, 0.2) is 6.10 Å². The molecular weight excluding hydrogens is 402 g/mol. The van der Waals surface area contributed by atoms with Gasteiger partial charge in [-0.3, -0.25) is 14.2 Å². The van der Waals surface area contributed by atoms with Crippen molar-refractivity contribution in [3.63, 3.8) is 0 Å². The summed E-state index contributed by atoms with van der Waals surface area (Å²) < 4.78 is 7.43. The predicted octanol–water partition coefficient (Wildman–Crippen LogP) is 4.72. The summed E-state index contributed by atoms with van der Waals surface area (Å²) in [4.78, 5) is 30.1. The van der Waals surface area contributed by atoms with E-state index in [1.165, 1.54) is 0 Å². The van der Waals surface area contributed by atoms with Crippen molar-refractivity contribution in [2.45, 2.75) is 33.8 Å². The zero-order valence-electron chi connectivity index (χ0n) is 18.5. The highest BCUT2D eigenvalue weighted by Gasteiger charge is 2.17. The number of amides is 1. The Bertz CT molecular complexity index is 1360. The lowest BCUT2D eigenvalue weighted by molar-refractivity contribution is -0.122. The van der Waals surface area contributed by atoms with Gasteiger partial charge in [-0.1, -0.05) is 24.3 Å². The van der Waals surface area contributed by atoms with Crippen LogP contribution in [0, 0.1) is 20.8 Å². The van der Waals surface area contributed by atoms with Gasteiger partial charge in [0.05, 0.1) is 16.6 Å². The lowest BCUT2D eigenvalue weighted by Gasteiger charge is -2.17. The molecule has 0 bridgehead atoms. The molecule has 32 heavy (non-hydrogen) atoms. The fourth-order valence-corrected chi connectivity index (χ4v) is 3.58. The predicted molar refractivity (Wildman–Crippen MR) is 127 cm³/mol. The fourth-order valence-electron chi connectivity index (χ4n) is 3.58. The zero-order chi connectivity index (χ0) is 22.8. The third-order valence-corrected chi connectivity index (χ3v) is 5.56. The molecule has 6 nitrogen and oxygen atoms in total. The second-order valence-electron chi connectivity index (χ2n) is 7.81. The van der Waals surface area contributed by atoms with Crippen LogP contribution in [-0.2, 0) is 4.79 Å². The first-order chi connectivity index (χ1) is 15.3. The van der Waals surface area contributed by atoms with Crippen LogP contribution in [0.4, 0.5) is 5.69 Å². The van der Waals surface area contributed by atoms with E-state index >= 15 is 0 Å². The molecule has 0 radical (unpaired) electrons. The first kappa shape index (κ1) is 21.3. The number of nitrogens with zero attached hydrogens (tertiary/aromatic N) is 2. The van der Waals surface area contributed by atoms with Crippen LogP contribution in [0.2, 0.25) is 0 Å². The van der Waals surface area contributed by atoms with E-state index in [2.05, 4.69) is 10.3 Å². The number of hydrogen-bond donors (Lipinski definition) is 1. The zero-order valence-corrected chi connectivity index (χ0v) is 18.5. The van der Waals surface area contributed by atoms with Crippen molar-refractivity contribution in [1.29, 1.82) is 0 Å². The summed E-state index contributed by atoms with van der Waals surface area (Å²) in [7, 11) is 0. The maximum Gasteiger partial charge on any atom is 0.265 e. The van der Waals surface area contributed by atoms with Crippen molar-refractivity contribution < 1.29 is 9.53 Å². The molecule has 4 aromatic rings. The van der Waals surface area contributed by atoms with Crippen molar-refractivity contribution >= 4 is 22.5 Å².